The number of amides is 1. The van der Waals surface area contributed by atoms with Crippen molar-refractivity contribution < 1.29 is 9.53 Å². The monoisotopic (exact) mass is 470 g/mol. The predicted octanol–water partition coefficient (Wildman–Crippen LogP) is 4.50. The number of nitrogens with one attached hydrogen (secondary N) is 1. The third kappa shape index (κ3) is 5.33. The number of ether oxygens (including phenoxy) is 1. The third-order valence-corrected chi connectivity index (χ3v) is 6.59. The topological polar surface area (TPSA) is 87.2 Å². The molecule has 1 aromatic carbocycles. The number of carbonyl (C=O) groups excluding carboxylic acids is 1. The Morgan fingerprint density at radius 2 is 1.94 bits per heavy atom. The van der Waals surface area contributed by atoms with Gasteiger partial charge in [0.2, 0.25) is 11.8 Å². The Hall–Kier alpha value is -3.78. The zero-order chi connectivity index (χ0) is 24.2. The Morgan fingerprint density at radius 1 is 1.09 bits per heavy atom. The number of carbonyl (C=O) groups is 1. The number of piperazine rings is 1. The van der Waals surface area contributed by atoms with Gasteiger partial charge in [0, 0.05) is 68.1 Å². The fourth-order valence-corrected chi connectivity index (χ4v) is 4.28. The first-order chi connectivity index (χ1) is 17.1. The number of pyridine rings is 2. The van der Waals surface area contributed by atoms with Crippen molar-refractivity contribution in [2.45, 2.75) is 26.8 Å². The van der Waals surface area contributed by atoms with Crippen LogP contribution in [0.4, 0.5) is 0 Å². The Morgan fingerprint density at radius 3 is 2.66 bits per heavy atom. The second-order valence-electron chi connectivity index (χ2n) is 9.03. The van der Waals surface area contributed by atoms with Crippen molar-refractivity contribution in [1.82, 2.24) is 30.0 Å². The SMILES string of the molecule is CCC(C)C(=O)N1CCN(Cc2ccc3cc(Oc4ccc(-c5ccn[nH]5)cn4)ccc3n2)CC1. The molecular formula is C27H30N6O2. The molecule has 0 saturated carbocycles. The van der Waals surface area contributed by atoms with Gasteiger partial charge in [-0.05, 0) is 42.8 Å². The van der Waals surface area contributed by atoms with Gasteiger partial charge in [0.25, 0.3) is 0 Å². The van der Waals surface area contributed by atoms with E-state index >= 15 is 0 Å². The van der Waals surface area contributed by atoms with E-state index in [1.807, 2.05) is 48.2 Å². The lowest BCUT2D eigenvalue weighted by Gasteiger charge is -2.35. The Labute approximate surface area is 205 Å². The van der Waals surface area contributed by atoms with Gasteiger partial charge in [-0.15, -0.1) is 0 Å². The van der Waals surface area contributed by atoms with Crippen LogP contribution in [-0.4, -0.2) is 62.1 Å². The maximum absolute atomic E-state index is 12.4. The zero-order valence-electron chi connectivity index (χ0n) is 20.1. The van der Waals surface area contributed by atoms with E-state index in [4.69, 9.17) is 9.72 Å². The molecule has 3 aromatic heterocycles. The van der Waals surface area contributed by atoms with Gasteiger partial charge in [-0.25, -0.2) is 4.98 Å². The summed E-state index contributed by atoms with van der Waals surface area (Å²) >= 11 is 0. The average molecular weight is 471 g/mol. The van der Waals surface area contributed by atoms with Crippen LogP contribution >= 0.6 is 0 Å². The number of fused-ring (bicyclic) bond motifs is 1. The number of nitrogens with zero attached hydrogens (tertiary/aromatic N) is 5. The van der Waals surface area contributed by atoms with Crippen molar-refractivity contribution in [2.75, 3.05) is 26.2 Å². The molecule has 0 radical (unpaired) electrons. The summed E-state index contributed by atoms with van der Waals surface area (Å²) in [5.74, 6) is 1.63. The number of hydrogen-bond donors (Lipinski definition) is 1. The average Bonchev–Trinajstić information content (AvgIpc) is 3.44. The molecule has 1 amide bonds. The molecule has 35 heavy (non-hydrogen) atoms. The van der Waals surface area contributed by atoms with Crippen LogP contribution in [0, 0.1) is 5.92 Å². The summed E-state index contributed by atoms with van der Waals surface area (Å²) in [5, 5.41) is 7.91. The van der Waals surface area contributed by atoms with Crippen molar-refractivity contribution in [1.29, 1.82) is 0 Å². The normalized spacial score (nSPS) is 15.3. The molecule has 1 aliphatic heterocycles. The highest BCUT2D eigenvalue weighted by atomic mass is 16.5. The molecule has 1 aliphatic rings. The summed E-state index contributed by atoms with van der Waals surface area (Å²) in [6.07, 6.45) is 4.37. The molecule has 8 nitrogen and oxygen atoms in total. The smallest absolute Gasteiger partial charge is 0.225 e. The van der Waals surface area contributed by atoms with Crippen molar-refractivity contribution >= 4 is 16.8 Å². The van der Waals surface area contributed by atoms with Gasteiger partial charge < -0.3 is 9.64 Å². The molecule has 1 unspecified atom stereocenters. The molecular weight excluding hydrogens is 440 g/mol. The van der Waals surface area contributed by atoms with E-state index in [0.717, 1.165) is 72.7 Å². The first-order valence-electron chi connectivity index (χ1n) is 12.1. The van der Waals surface area contributed by atoms with Gasteiger partial charge in [-0.3, -0.25) is 19.8 Å². The number of hydrogen-bond acceptors (Lipinski definition) is 6. The highest BCUT2D eigenvalue weighted by Crippen LogP contribution is 2.26. The van der Waals surface area contributed by atoms with Crippen LogP contribution in [0.2, 0.25) is 0 Å². The summed E-state index contributed by atoms with van der Waals surface area (Å²) < 4.78 is 5.96. The van der Waals surface area contributed by atoms with E-state index in [1.165, 1.54) is 0 Å². The van der Waals surface area contributed by atoms with Crippen LogP contribution in [0.15, 0.2) is 60.9 Å². The van der Waals surface area contributed by atoms with Crippen LogP contribution in [0.3, 0.4) is 0 Å². The molecule has 1 atom stereocenters. The van der Waals surface area contributed by atoms with Crippen LogP contribution < -0.4 is 4.74 Å². The third-order valence-electron chi connectivity index (χ3n) is 6.59. The minimum absolute atomic E-state index is 0.106. The summed E-state index contributed by atoms with van der Waals surface area (Å²) in [7, 11) is 0. The molecule has 4 heterocycles. The molecule has 0 aliphatic carbocycles. The van der Waals surface area contributed by atoms with Crippen molar-refractivity contribution in [3.8, 4) is 22.9 Å². The number of aromatic amines is 1. The highest BCUT2D eigenvalue weighted by Gasteiger charge is 2.24. The van der Waals surface area contributed by atoms with E-state index in [9.17, 15) is 4.79 Å². The molecule has 0 bridgehead atoms. The zero-order valence-corrected chi connectivity index (χ0v) is 20.1. The van der Waals surface area contributed by atoms with E-state index in [2.05, 4.69) is 39.1 Å². The first kappa shape index (κ1) is 23.0. The van der Waals surface area contributed by atoms with Gasteiger partial charge in [0.1, 0.15) is 5.75 Å². The van der Waals surface area contributed by atoms with Crippen LogP contribution in [0.25, 0.3) is 22.2 Å². The van der Waals surface area contributed by atoms with Crippen LogP contribution in [-0.2, 0) is 11.3 Å². The quantitative estimate of drug-likeness (QED) is 0.428. The minimum Gasteiger partial charge on any atom is -0.439 e. The molecule has 180 valence electrons. The lowest BCUT2D eigenvalue weighted by molar-refractivity contribution is -0.136. The molecule has 0 spiro atoms. The fourth-order valence-electron chi connectivity index (χ4n) is 4.28. The number of rotatable bonds is 7. The number of benzene rings is 1. The first-order valence-corrected chi connectivity index (χ1v) is 12.1. The second kappa shape index (κ2) is 10.2. The van der Waals surface area contributed by atoms with Gasteiger partial charge >= 0.3 is 0 Å². The van der Waals surface area contributed by atoms with Crippen LogP contribution in [0.5, 0.6) is 11.6 Å². The molecule has 1 N–H and O–H groups in total. The lowest BCUT2D eigenvalue weighted by Crippen LogP contribution is -2.49. The summed E-state index contributed by atoms with van der Waals surface area (Å²) in [6, 6.07) is 15.7. The molecule has 1 fully saturated rings. The summed E-state index contributed by atoms with van der Waals surface area (Å²) in [5.41, 5.74) is 3.83. The second-order valence-corrected chi connectivity index (χ2v) is 9.03. The van der Waals surface area contributed by atoms with Gasteiger partial charge in [0.15, 0.2) is 0 Å². The van der Waals surface area contributed by atoms with Gasteiger partial charge in [0.05, 0.1) is 16.9 Å². The number of H-pyrrole nitrogens is 1. The van der Waals surface area contributed by atoms with Crippen molar-refractivity contribution in [2.24, 2.45) is 5.92 Å². The van der Waals surface area contributed by atoms with Crippen LogP contribution in [0.1, 0.15) is 26.0 Å². The largest absolute Gasteiger partial charge is 0.439 e. The summed E-state index contributed by atoms with van der Waals surface area (Å²) in [4.78, 5) is 26.0. The Kier molecular flexibility index (Phi) is 6.72. The highest BCUT2D eigenvalue weighted by molar-refractivity contribution is 5.80. The molecule has 1 saturated heterocycles. The number of aromatic nitrogens is 4. The van der Waals surface area contributed by atoms with Gasteiger partial charge in [-0.1, -0.05) is 19.9 Å². The Bertz CT molecular complexity index is 1280. The Balaban J connectivity index is 1.20. The molecule has 5 rings (SSSR count). The molecule has 8 heteroatoms. The van der Waals surface area contributed by atoms with Crippen molar-refractivity contribution in [3.63, 3.8) is 0 Å². The van der Waals surface area contributed by atoms with E-state index in [0.29, 0.717) is 5.88 Å². The maximum atomic E-state index is 12.4. The fraction of sp³-hybridized carbons (Fsp3) is 0.333. The van der Waals surface area contributed by atoms with E-state index < -0.39 is 0 Å². The van der Waals surface area contributed by atoms with E-state index in [-0.39, 0.29) is 11.8 Å². The summed E-state index contributed by atoms with van der Waals surface area (Å²) in [6.45, 7) is 8.19. The van der Waals surface area contributed by atoms with E-state index in [1.54, 1.807) is 12.4 Å². The molecule has 4 aromatic rings. The lowest BCUT2D eigenvalue weighted by atomic mass is 10.1. The minimum atomic E-state index is 0.106. The maximum Gasteiger partial charge on any atom is 0.225 e. The van der Waals surface area contributed by atoms with Crippen molar-refractivity contribution in [3.05, 3.63) is 66.6 Å². The predicted molar refractivity (Wildman–Crippen MR) is 135 cm³/mol. The standard InChI is InChI=1S/C27H30N6O2/c1-3-19(2)27(34)33-14-12-32(13-15-33)18-22-6-4-20-16-23(7-8-24(20)30-22)35-26-9-5-21(17-28-26)25-10-11-29-31-25/h4-11,16-17,19H,3,12-15,18H2,1-2H3,(H,29,31). The van der Waals surface area contributed by atoms with Gasteiger partial charge in [-0.2, -0.15) is 5.10 Å².